The highest BCUT2D eigenvalue weighted by Crippen LogP contribution is 2.19. The van der Waals surface area contributed by atoms with Gasteiger partial charge in [0.05, 0.1) is 11.8 Å². The topological polar surface area (TPSA) is 79.5 Å². The van der Waals surface area contributed by atoms with Crippen LogP contribution in [0.5, 0.6) is 0 Å². The van der Waals surface area contributed by atoms with Gasteiger partial charge in [-0.3, -0.25) is 9.59 Å². The van der Waals surface area contributed by atoms with Gasteiger partial charge in [-0.15, -0.1) is 0 Å². The van der Waals surface area contributed by atoms with Crippen molar-refractivity contribution in [2.45, 2.75) is 26.8 Å². The summed E-state index contributed by atoms with van der Waals surface area (Å²) in [6.07, 6.45) is 1.07. The van der Waals surface area contributed by atoms with Gasteiger partial charge in [-0.05, 0) is 31.0 Å². The van der Waals surface area contributed by atoms with Gasteiger partial charge < -0.3 is 14.8 Å². The van der Waals surface area contributed by atoms with Crippen molar-refractivity contribution in [2.24, 2.45) is 0 Å². The van der Waals surface area contributed by atoms with Crippen molar-refractivity contribution in [1.82, 2.24) is 5.32 Å². The molecule has 0 spiro atoms. The standard InChI is InChI=1S/C16H16ClNO4/c1-9-5-11(3-4-12(9)17)7-18-16(21)15-10(2)8-22-13(15)6-14(19)20/h3-5,8H,6-7H2,1-2H3,(H,18,21)(H,19,20). The Kier molecular flexibility index (Phi) is 4.88. The maximum atomic E-state index is 12.3. The first-order chi connectivity index (χ1) is 10.4. The van der Waals surface area contributed by atoms with Crippen LogP contribution in [0.4, 0.5) is 0 Å². The normalized spacial score (nSPS) is 10.5. The second-order valence-corrected chi connectivity index (χ2v) is 5.46. The number of furan rings is 1. The SMILES string of the molecule is Cc1cc(CNC(=O)c2c(C)coc2CC(=O)O)ccc1Cl. The highest BCUT2D eigenvalue weighted by Gasteiger charge is 2.20. The van der Waals surface area contributed by atoms with Crippen molar-refractivity contribution in [2.75, 3.05) is 0 Å². The third kappa shape index (κ3) is 3.68. The number of benzene rings is 1. The van der Waals surface area contributed by atoms with Crippen molar-refractivity contribution in [3.8, 4) is 0 Å². The van der Waals surface area contributed by atoms with Crippen molar-refractivity contribution in [1.29, 1.82) is 0 Å². The summed E-state index contributed by atoms with van der Waals surface area (Å²) in [7, 11) is 0. The molecule has 0 fully saturated rings. The van der Waals surface area contributed by atoms with Gasteiger partial charge in [0.1, 0.15) is 12.2 Å². The van der Waals surface area contributed by atoms with Gasteiger partial charge in [0, 0.05) is 17.1 Å². The number of carboxylic acids is 1. The van der Waals surface area contributed by atoms with Crippen LogP contribution >= 0.6 is 11.6 Å². The minimum atomic E-state index is -1.04. The highest BCUT2D eigenvalue weighted by atomic mass is 35.5. The number of rotatable bonds is 5. The summed E-state index contributed by atoms with van der Waals surface area (Å²) >= 11 is 5.96. The molecule has 0 aliphatic rings. The predicted octanol–water partition coefficient (Wildman–Crippen LogP) is 3.11. The average Bonchev–Trinajstić information content (AvgIpc) is 2.80. The molecule has 1 aromatic heterocycles. The molecule has 0 aliphatic carbocycles. The lowest BCUT2D eigenvalue weighted by Gasteiger charge is -2.07. The molecule has 0 bridgehead atoms. The number of halogens is 1. The molecular formula is C16H16ClNO4. The van der Waals surface area contributed by atoms with E-state index >= 15 is 0 Å². The lowest BCUT2D eigenvalue weighted by Crippen LogP contribution is -2.24. The minimum Gasteiger partial charge on any atom is -0.481 e. The molecule has 6 heteroatoms. The summed E-state index contributed by atoms with van der Waals surface area (Å²) in [6, 6.07) is 5.50. The molecule has 0 unspecified atom stereocenters. The van der Waals surface area contributed by atoms with E-state index in [1.54, 1.807) is 13.0 Å². The fourth-order valence-corrected chi connectivity index (χ4v) is 2.28. The number of carbonyl (C=O) groups excluding carboxylic acids is 1. The molecule has 0 aliphatic heterocycles. The number of hydrogen-bond donors (Lipinski definition) is 2. The fraction of sp³-hybridized carbons (Fsp3) is 0.250. The van der Waals surface area contributed by atoms with Crippen molar-refractivity contribution < 1.29 is 19.1 Å². The molecule has 5 nitrogen and oxygen atoms in total. The Labute approximate surface area is 132 Å². The van der Waals surface area contributed by atoms with E-state index in [4.69, 9.17) is 21.1 Å². The summed E-state index contributed by atoms with van der Waals surface area (Å²) in [4.78, 5) is 23.1. The third-order valence-electron chi connectivity index (χ3n) is 3.27. The minimum absolute atomic E-state index is 0.162. The molecule has 22 heavy (non-hydrogen) atoms. The van der Waals surface area contributed by atoms with Crippen molar-refractivity contribution in [3.63, 3.8) is 0 Å². The zero-order valence-corrected chi connectivity index (χ0v) is 13.0. The number of nitrogens with one attached hydrogen (secondary N) is 1. The molecule has 2 aromatic rings. The van der Waals surface area contributed by atoms with Gasteiger partial charge in [-0.1, -0.05) is 23.7 Å². The van der Waals surface area contributed by atoms with Gasteiger partial charge in [0.15, 0.2) is 0 Å². The van der Waals surface area contributed by atoms with Crippen molar-refractivity contribution >= 4 is 23.5 Å². The predicted molar refractivity (Wildman–Crippen MR) is 82.1 cm³/mol. The van der Waals surface area contributed by atoms with E-state index in [9.17, 15) is 9.59 Å². The summed E-state index contributed by atoms with van der Waals surface area (Å²) in [5.41, 5.74) is 2.74. The van der Waals surface area contributed by atoms with Crippen LogP contribution in [-0.2, 0) is 17.8 Å². The van der Waals surface area contributed by atoms with E-state index in [1.165, 1.54) is 6.26 Å². The number of carboxylic acid groups (broad SMARTS) is 1. The lowest BCUT2D eigenvalue weighted by atomic mass is 10.1. The van der Waals surface area contributed by atoms with Crippen LogP contribution in [0, 0.1) is 13.8 Å². The summed E-state index contributed by atoms with van der Waals surface area (Å²) in [5, 5.41) is 12.3. The first-order valence-corrected chi connectivity index (χ1v) is 7.08. The summed E-state index contributed by atoms with van der Waals surface area (Å²) in [6.45, 7) is 3.92. The number of amides is 1. The molecular weight excluding hydrogens is 306 g/mol. The Morgan fingerprint density at radius 1 is 1.27 bits per heavy atom. The van der Waals surface area contributed by atoms with E-state index in [0.717, 1.165) is 11.1 Å². The van der Waals surface area contributed by atoms with E-state index < -0.39 is 5.97 Å². The highest BCUT2D eigenvalue weighted by molar-refractivity contribution is 6.31. The van der Waals surface area contributed by atoms with Crippen LogP contribution in [0.3, 0.4) is 0 Å². The van der Waals surface area contributed by atoms with Crippen LogP contribution in [0.25, 0.3) is 0 Å². The quantitative estimate of drug-likeness (QED) is 0.886. The van der Waals surface area contributed by atoms with Gasteiger partial charge in [0.2, 0.25) is 0 Å². The van der Waals surface area contributed by atoms with Gasteiger partial charge in [-0.25, -0.2) is 0 Å². The second-order valence-electron chi connectivity index (χ2n) is 5.05. The lowest BCUT2D eigenvalue weighted by molar-refractivity contribution is -0.136. The van der Waals surface area contributed by atoms with Crippen LogP contribution < -0.4 is 5.32 Å². The Hall–Kier alpha value is -2.27. The van der Waals surface area contributed by atoms with Gasteiger partial charge >= 0.3 is 5.97 Å². The molecule has 1 amide bonds. The second kappa shape index (κ2) is 6.66. The maximum absolute atomic E-state index is 12.3. The molecule has 0 atom stereocenters. The van der Waals surface area contributed by atoms with E-state index in [0.29, 0.717) is 17.1 Å². The number of aryl methyl sites for hydroxylation is 2. The van der Waals surface area contributed by atoms with E-state index in [1.807, 2.05) is 19.1 Å². The summed E-state index contributed by atoms with van der Waals surface area (Å²) in [5.74, 6) is -1.23. The monoisotopic (exact) mass is 321 g/mol. The average molecular weight is 322 g/mol. The maximum Gasteiger partial charge on any atom is 0.311 e. The molecule has 0 radical (unpaired) electrons. The van der Waals surface area contributed by atoms with Crippen LogP contribution in [0.2, 0.25) is 5.02 Å². The molecule has 2 rings (SSSR count). The van der Waals surface area contributed by atoms with Crippen LogP contribution in [0.15, 0.2) is 28.9 Å². The largest absolute Gasteiger partial charge is 0.481 e. The zero-order valence-electron chi connectivity index (χ0n) is 12.3. The summed E-state index contributed by atoms with van der Waals surface area (Å²) < 4.78 is 5.16. The molecule has 1 heterocycles. The third-order valence-corrected chi connectivity index (χ3v) is 3.69. The molecule has 1 aromatic carbocycles. The molecule has 0 saturated carbocycles. The first-order valence-electron chi connectivity index (χ1n) is 6.70. The molecule has 2 N–H and O–H groups in total. The number of carbonyl (C=O) groups is 2. The van der Waals surface area contributed by atoms with Gasteiger partial charge in [0.25, 0.3) is 5.91 Å². The zero-order chi connectivity index (χ0) is 16.3. The number of hydrogen-bond acceptors (Lipinski definition) is 3. The van der Waals surface area contributed by atoms with Crippen LogP contribution in [0.1, 0.15) is 32.8 Å². The Balaban J connectivity index is 2.10. The fourth-order valence-electron chi connectivity index (χ4n) is 2.16. The van der Waals surface area contributed by atoms with E-state index in [-0.39, 0.29) is 23.7 Å². The Bertz CT molecular complexity index is 721. The number of aliphatic carboxylic acids is 1. The Morgan fingerprint density at radius 2 is 2.00 bits per heavy atom. The first kappa shape index (κ1) is 16.1. The van der Waals surface area contributed by atoms with Gasteiger partial charge in [-0.2, -0.15) is 0 Å². The molecule has 116 valence electrons. The van der Waals surface area contributed by atoms with Crippen LogP contribution in [-0.4, -0.2) is 17.0 Å². The van der Waals surface area contributed by atoms with Crippen molar-refractivity contribution in [3.05, 3.63) is 57.5 Å². The smallest absolute Gasteiger partial charge is 0.311 e. The van der Waals surface area contributed by atoms with E-state index in [2.05, 4.69) is 5.32 Å². The Morgan fingerprint density at radius 3 is 2.64 bits per heavy atom. The molecule has 0 saturated heterocycles.